The summed E-state index contributed by atoms with van der Waals surface area (Å²) in [5.41, 5.74) is 3.72. The number of rotatable bonds is 3. The van der Waals surface area contributed by atoms with Crippen molar-refractivity contribution in [2.45, 2.75) is 13.8 Å². The molecule has 0 amide bonds. The molecular formula is C16H17N3S. The van der Waals surface area contributed by atoms with Crippen molar-refractivity contribution < 1.29 is 0 Å². The lowest BCUT2D eigenvalue weighted by Gasteiger charge is -2.17. The second-order valence-electron chi connectivity index (χ2n) is 4.91. The first-order valence-electron chi connectivity index (χ1n) is 6.71. The topological polar surface area (TPSA) is 29.0 Å². The molecule has 3 nitrogen and oxygen atoms in total. The lowest BCUT2D eigenvalue weighted by atomic mass is 10.0. The fraction of sp³-hybridized carbons (Fsp3) is 0.250. The number of nitrogens with zero attached hydrogens (tertiary/aromatic N) is 3. The van der Waals surface area contributed by atoms with E-state index in [1.165, 1.54) is 16.7 Å². The highest BCUT2D eigenvalue weighted by atomic mass is 32.1. The monoisotopic (exact) mass is 283 g/mol. The molecule has 102 valence electrons. The minimum Gasteiger partial charge on any atom is -0.359 e. The summed E-state index contributed by atoms with van der Waals surface area (Å²) < 4.78 is 0. The van der Waals surface area contributed by atoms with Crippen molar-refractivity contribution in [3.05, 3.63) is 41.5 Å². The van der Waals surface area contributed by atoms with E-state index in [-0.39, 0.29) is 0 Å². The fourth-order valence-electron chi connectivity index (χ4n) is 2.24. The van der Waals surface area contributed by atoms with Gasteiger partial charge in [-0.3, -0.25) is 0 Å². The van der Waals surface area contributed by atoms with Crippen LogP contribution in [0.3, 0.4) is 0 Å². The van der Waals surface area contributed by atoms with Gasteiger partial charge in [-0.15, -0.1) is 11.3 Å². The molecule has 0 N–H and O–H groups in total. The highest BCUT2D eigenvalue weighted by Crippen LogP contribution is 2.37. The van der Waals surface area contributed by atoms with Crippen LogP contribution in [0.1, 0.15) is 12.5 Å². The molecule has 0 spiro atoms. The third-order valence-corrected chi connectivity index (χ3v) is 4.44. The first-order chi connectivity index (χ1) is 9.70. The van der Waals surface area contributed by atoms with E-state index < -0.39 is 0 Å². The predicted molar refractivity (Wildman–Crippen MR) is 86.5 cm³/mol. The Labute approximate surface area is 122 Å². The lowest BCUT2D eigenvalue weighted by Crippen LogP contribution is -2.17. The summed E-state index contributed by atoms with van der Waals surface area (Å²) in [7, 11) is 2.07. The van der Waals surface area contributed by atoms with Gasteiger partial charge in [0.2, 0.25) is 0 Å². The molecule has 3 aromatic rings. The van der Waals surface area contributed by atoms with Gasteiger partial charge in [-0.05, 0) is 19.4 Å². The van der Waals surface area contributed by atoms with Gasteiger partial charge in [-0.1, -0.05) is 29.8 Å². The maximum Gasteiger partial charge on any atom is 0.141 e. The highest BCUT2D eigenvalue weighted by molar-refractivity contribution is 7.17. The van der Waals surface area contributed by atoms with Crippen LogP contribution >= 0.6 is 11.3 Å². The molecule has 0 saturated heterocycles. The Hall–Kier alpha value is -1.94. The molecule has 2 aromatic heterocycles. The molecule has 0 aliphatic heterocycles. The number of hydrogen-bond acceptors (Lipinski definition) is 4. The highest BCUT2D eigenvalue weighted by Gasteiger charge is 2.14. The van der Waals surface area contributed by atoms with Crippen molar-refractivity contribution in [1.82, 2.24) is 9.97 Å². The second kappa shape index (κ2) is 5.21. The molecule has 0 saturated carbocycles. The molecule has 0 aliphatic rings. The van der Waals surface area contributed by atoms with Crippen molar-refractivity contribution in [2.24, 2.45) is 0 Å². The summed E-state index contributed by atoms with van der Waals surface area (Å²) >= 11 is 1.68. The molecule has 0 bridgehead atoms. The Morgan fingerprint density at radius 2 is 1.90 bits per heavy atom. The summed E-state index contributed by atoms with van der Waals surface area (Å²) in [6, 6.07) is 8.62. The smallest absolute Gasteiger partial charge is 0.141 e. The number of aromatic nitrogens is 2. The van der Waals surface area contributed by atoms with Gasteiger partial charge in [0, 0.05) is 24.5 Å². The third kappa shape index (κ3) is 2.16. The van der Waals surface area contributed by atoms with Crippen LogP contribution in [0.5, 0.6) is 0 Å². The van der Waals surface area contributed by atoms with Crippen molar-refractivity contribution in [3.8, 4) is 11.1 Å². The maximum atomic E-state index is 4.48. The van der Waals surface area contributed by atoms with Crippen LogP contribution in [-0.2, 0) is 0 Å². The molecular weight excluding hydrogens is 266 g/mol. The van der Waals surface area contributed by atoms with Crippen LogP contribution in [0.2, 0.25) is 0 Å². The van der Waals surface area contributed by atoms with Crippen LogP contribution < -0.4 is 4.90 Å². The predicted octanol–water partition coefficient (Wildman–Crippen LogP) is 4.12. The summed E-state index contributed by atoms with van der Waals surface area (Å²) in [6.07, 6.45) is 1.65. The molecule has 20 heavy (non-hydrogen) atoms. The van der Waals surface area contributed by atoms with Crippen molar-refractivity contribution in [2.75, 3.05) is 18.5 Å². The zero-order chi connectivity index (χ0) is 14.1. The van der Waals surface area contributed by atoms with E-state index in [9.17, 15) is 0 Å². The molecule has 1 aromatic carbocycles. The van der Waals surface area contributed by atoms with Gasteiger partial charge in [-0.2, -0.15) is 0 Å². The molecule has 3 rings (SSSR count). The third-order valence-electron chi connectivity index (χ3n) is 3.55. The standard InChI is InChI=1S/C16H17N3S/c1-4-19(3)15-14-13(9-20-16(14)18-10-17-15)12-7-5-11(2)6-8-12/h5-10H,4H2,1-3H3. The minimum absolute atomic E-state index is 0.926. The Kier molecular flexibility index (Phi) is 3.40. The Morgan fingerprint density at radius 1 is 1.15 bits per heavy atom. The number of aryl methyl sites for hydroxylation is 1. The largest absolute Gasteiger partial charge is 0.359 e. The molecule has 0 unspecified atom stereocenters. The number of anilines is 1. The summed E-state index contributed by atoms with van der Waals surface area (Å²) in [4.78, 5) is 12.1. The van der Waals surface area contributed by atoms with E-state index in [0.29, 0.717) is 0 Å². The fourth-order valence-corrected chi connectivity index (χ4v) is 3.15. The Balaban J connectivity index is 2.23. The summed E-state index contributed by atoms with van der Waals surface area (Å²) in [6.45, 7) is 5.16. The van der Waals surface area contributed by atoms with Crippen molar-refractivity contribution in [3.63, 3.8) is 0 Å². The molecule has 0 fully saturated rings. The minimum atomic E-state index is 0.926. The molecule has 4 heteroatoms. The summed E-state index contributed by atoms with van der Waals surface area (Å²) in [5, 5.41) is 3.34. The van der Waals surface area contributed by atoms with E-state index in [0.717, 1.165) is 22.6 Å². The zero-order valence-corrected chi connectivity index (χ0v) is 12.7. The van der Waals surface area contributed by atoms with Crippen LogP contribution in [0.15, 0.2) is 36.0 Å². The first-order valence-corrected chi connectivity index (χ1v) is 7.59. The van der Waals surface area contributed by atoms with Gasteiger partial charge in [0.05, 0.1) is 5.39 Å². The van der Waals surface area contributed by atoms with E-state index in [1.807, 2.05) is 0 Å². The number of thiophene rings is 1. The summed E-state index contributed by atoms with van der Waals surface area (Å²) in [5.74, 6) is 1.01. The molecule has 0 atom stereocenters. The normalized spacial score (nSPS) is 10.9. The van der Waals surface area contributed by atoms with E-state index in [2.05, 4.69) is 65.4 Å². The molecule has 2 heterocycles. The number of hydrogen-bond donors (Lipinski definition) is 0. The van der Waals surface area contributed by atoms with Gasteiger partial charge < -0.3 is 4.90 Å². The van der Waals surface area contributed by atoms with Crippen LogP contribution in [0.4, 0.5) is 5.82 Å². The SMILES string of the molecule is CCN(C)c1ncnc2scc(-c3ccc(C)cc3)c12. The second-order valence-corrected chi connectivity index (χ2v) is 5.77. The quantitative estimate of drug-likeness (QED) is 0.724. The lowest BCUT2D eigenvalue weighted by molar-refractivity contribution is 0.941. The molecule has 0 aliphatic carbocycles. The van der Waals surface area contributed by atoms with Gasteiger partial charge in [0.1, 0.15) is 17.0 Å². The number of fused-ring (bicyclic) bond motifs is 1. The Morgan fingerprint density at radius 3 is 2.60 bits per heavy atom. The van der Waals surface area contributed by atoms with Gasteiger partial charge in [0.25, 0.3) is 0 Å². The molecule has 0 radical (unpaired) electrons. The van der Waals surface area contributed by atoms with Crippen LogP contribution in [-0.4, -0.2) is 23.6 Å². The average Bonchev–Trinajstić information content (AvgIpc) is 2.91. The van der Waals surface area contributed by atoms with Gasteiger partial charge >= 0.3 is 0 Å². The zero-order valence-electron chi connectivity index (χ0n) is 11.9. The van der Waals surface area contributed by atoms with E-state index in [1.54, 1.807) is 17.7 Å². The van der Waals surface area contributed by atoms with Gasteiger partial charge in [0.15, 0.2) is 0 Å². The maximum absolute atomic E-state index is 4.48. The average molecular weight is 283 g/mol. The first kappa shape index (κ1) is 13.1. The van der Waals surface area contributed by atoms with Crippen molar-refractivity contribution >= 4 is 27.4 Å². The Bertz CT molecular complexity index is 731. The van der Waals surface area contributed by atoms with E-state index in [4.69, 9.17) is 0 Å². The van der Waals surface area contributed by atoms with Crippen molar-refractivity contribution in [1.29, 1.82) is 0 Å². The van der Waals surface area contributed by atoms with Crippen LogP contribution in [0, 0.1) is 6.92 Å². The van der Waals surface area contributed by atoms with Crippen LogP contribution in [0.25, 0.3) is 21.3 Å². The van der Waals surface area contributed by atoms with E-state index >= 15 is 0 Å². The van der Waals surface area contributed by atoms with Gasteiger partial charge in [-0.25, -0.2) is 9.97 Å². The number of benzene rings is 1.